The van der Waals surface area contributed by atoms with Crippen molar-refractivity contribution >= 4 is 17.5 Å². The van der Waals surface area contributed by atoms with Crippen molar-refractivity contribution < 1.29 is 19.1 Å². The number of carbonyl (C=O) groups excluding carboxylic acids is 3. The van der Waals surface area contributed by atoms with E-state index in [1.54, 1.807) is 6.92 Å². The van der Waals surface area contributed by atoms with Crippen molar-refractivity contribution in [2.75, 3.05) is 0 Å². The van der Waals surface area contributed by atoms with Gasteiger partial charge in [-0.15, -0.1) is 0 Å². The Labute approximate surface area is 168 Å². The molecular formula is C24H34O4. The molecule has 0 unspecified atom stereocenters. The minimum atomic E-state index is -0.275. The van der Waals surface area contributed by atoms with Crippen molar-refractivity contribution in [3.05, 3.63) is 11.6 Å². The fraction of sp³-hybridized carbons (Fsp3) is 0.792. The molecule has 3 saturated carbocycles. The first kappa shape index (κ1) is 19.8. The van der Waals surface area contributed by atoms with E-state index in [0.29, 0.717) is 24.0 Å². The van der Waals surface area contributed by atoms with E-state index in [1.807, 2.05) is 0 Å². The standard InChI is InChI=1S/C24H34O4/c1-14(25)18-6-7-19-17-9-10-22(3)12-16(28-15(2)26)8-11-24(22,5)21(17)20(27)13-23(18,19)4/h6,16-17,19,21H,7-13H2,1-5H3/t16-,17-,19-,21+,22-,23+,24+/m0/s1. The lowest BCUT2D eigenvalue weighted by molar-refractivity contribution is -0.184. The van der Waals surface area contributed by atoms with Crippen molar-refractivity contribution in [1.82, 2.24) is 0 Å². The molecule has 0 aliphatic heterocycles. The van der Waals surface area contributed by atoms with Crippen LogP contribution >= 0.6 is 0 Å². The predicted octanol–water partition coefficient (Wildman–Crippen LogP) is 4.66. The van der Waals surface area contributed by atoms with Crippen LogP contribution in [0, 0.1) is 34.0 Å². The van der Waals surface area contributed by atoms with Crippen molar-refractivity contribution in [2.24, 2.45) is 34.0 Å². The number of ketones is 2. The molecule has 4 aliphatic carbocycles. The van der Waals surface area contributed by atoms with Crippen LogP contribution in [0.1, 0.15) is 79.6 Å². The fourth-order valence-corrected chi connectivity index (χ4v) is 7.84. The van der Waals surface area contributed by atoms with Gasteiger partial charge in [-0.2, -0.15) is 0 Å². The summed E-state index contributed by atoms with van der Waals surface area (Å²) in [6.45, 7) is 9.92. The molecular weight excluding hydrogens is 352 g/mol. The van der Waals surface area contributed by atoms with Gasteiger partial charge in [-0.1, -0.05) is 26.8 Å². The van der Waals surface area contributed by atoms with Crippen LogP contribution in [-0.2, 0) is 19.1 Å². The first-order chi connectivity index (χ1) is 13.0. The molecule has 0 radical (unpaired) electrons. The van der Waals surface area contributed by atoms with E-state index >= 15 is 0 Å². The zero-order valence-corrected chi connectivity index (χ0v) is 18.0. The zero-order valence-electron chi connectivity index (χ0n) is 18.0. The lowest BCUT2D eigenvalue weighted by Gasteiger charge is -2.64. The van der Waals surface area contributed by atoms with Gasteiger partial charge in [0.2, 0.25) is 0 Å². The number of fused-ring (bicyclic) bond motifs is 5. The third kappa shape index (κ3) is 2.59. The largest absolute Gasteiger partial charge is 0.463 e. The molecule has 4 nitrogen and oxygen atoms in total. The second-order valence-electron chi connectivity index (χ2n) is 10.7. The smallest absolute Gasteiger partial charge is 0.302 e. The van der Waals surface area contributed by atoms with Crippen LogP contribution in [0.4, 0.5) is 0 Å². The minimum Gasteiger partial charge on any atom is -0.463 e. The van der Waals surface area contributed by atoms with Gasteiger partial charge in [-0.25, -0.2) is 0 Å². The van der Waals surface area contributed by atoms with Gasteiger partial charge in [-0.3, -0.25) is 14.4 Å². The van der Waals surface area contributed by atoms with Crippen LogP contribution in [0.3, 0.4) is 0 Å². The van der Waals surface area contributed by atoms with Crippen LogP contribution in [0.15, 0.2) is 11.6 Å². The highest BCUT2D eigenvalue weighted by molar-refractivity contribution is 5.97. The van der Waals surface area contributed by atoms with Crippen molar-refractivity contribution in [3.63, 3.8) is 0 Å². The van der Waals surface area contributed by atoms with Gasteiger partial charge in [0.15, 0.2) is 5.78 Å². The summed E-state index contributed by atoms with van der Waals surface area (Å²) in [6.07, 6.45) is 8.28. The van der Waals surface area contributed by atoms with E-state index in [4.69, 9.17) is 4.74 Å². The van der Waals surface area contributed by atoms with Crippen LogP contribution in [0.5, 0.6) is 0 Å². The average molecular weight is 387 g/mol. The summed E-state index contributed by atoms with van der Waals surface area (Å²) < 4.78 is 5.57. The highest BCUT2D eigenvalue weighted by Gasteiger charge is 2.65. The Kier molecular flexibility index (Phi) is 4.45. The number of carbonyl (C=O) groups is 3. The number of Topliss-reactive ketones (excluding diaryl/α,β-unsaturated/α-hetero) is 2. The molecule has 0 amide bonds. The summed E-state index contributed by atoms with van der Waals surface area (Å²) in [7, 11) is 0. The lowest BCUT2D eigenvalue weighted by Crippen LogP contribution is -2.61. The lowest BCUT2D eigenvalue weighted by atomic mass is 9.40. The summed E-state index contributed by atoms with van der Waals surface area (Å²) >= 11 is 0. The molecule has 0 bridgehead atoms. The molecule has 4 heteroatoms. The Morgan fingerprint density at radius 3 is 2.46 bits per heavy atom. The van der Waals surface area contributed by atoms with Gasteiger partial charge < -0.3 is 4.74 Å². The van der Waals surface area contributed by atoms with Gasteiger partial charge in [0, 0.05) is 24.7 Å². The molecule has 3 fully saturated rings. The normalized spacial score (nSPS) is 47.5. The first-order valence-electron chi connectivity index (χ1n) is 10.9. The van der Waals surface area contributed by atoms with E-state index in [1.165, 1.54) is 6.92 Å². The Morgan fingerprint density at radius 1 is 1.11 bits per heavy atom. The third-order valence-electron chi connectivity index (χ3n) is 9.31. The first-order valence-corrected chi connectivity index (χ1v) is 10.9. The van der Waals surface area contributed by atoms with E-state index in [2.05, 4.69) is 26.8 Å². The van der Waals surface area contributed by atoms with Crippen LogP contribution in [0.25, 0.3) is 0 Å². The van der Waals surface area contributed by atoms with E-state index < -0.39 is 0 Å². The van der Waals surface area contributed by atoms with Gasteiger partial charge in [0.05, 0.1) is 0 Å². The summed E-state index contributed by atoms with van der Waals surface area (Å²) in [5.41, 5.74) is 0.583. The maximum atomic E-state index is 13.6. The summed E-state index contributed by atoms with van der Waals surface area (Å²) in [4.78, 5) is 37.3. The maximum absolute atomic E-state index is 13.6. The number of rotatable bonds is 2. The Morgan fingerprint density at radius 2 is 1.82 bits per heavy atom. The number of allylic oxidation sites excluding steroid dienone is 2. The summed E-state index contributed by atoms with van der Waals surface area (Å²) in [5.74, 6) is 1.12. The molecule has 0 saturated heterocycles. The zero-order chi connectivity index (χ0) is 20.5. The number of hydrogen-bond donors (Lipinski definition) is 0. The van der Waals surface area contributed by atoms with Gasteiger partial charge in [0.25, 0.3) is 0 Å². The molecule has 4 rings (SSSR count). The van der Waals surface area contributed by atoms with E-state index in [9.17, 15) is 14.4 Å². The molecule has 4 aliphatic rings. The second-order valence-corrected chi connectivity index (χ2v) is 10.7. The van der Waals surface area contributed by atoms with Crippen molar-refractivity contribution in [3.8, 4) is 0 Å². The monoisotopic (exact) mass is 386 g/mol. The number of hydrogen-bond acceptors (Lipinski definition) is 4. The van der Waals surface area contributed by atoms with E-state index in [0.717, 1.165) is 44.1 Å². The SMILES string of the molecule is CC(=O)O[C@H]1CC[C@]2(C)[C@H]3C(=O)C[C@]4(C)C(C(C)=O)=CC[C@H]4[C@@H]3CC[C@@]2(C)C1. The van der Waals surface area contributed by atoms with Gasteiger partial charge in [-0.05, 0) is 73.7 Å². The molecule has 0 heterocycles. The summed E-state index contributed by atoms with van der Waals surface area (Å²) in [5, 5.41) is 0. The molecule has 28 heavy (non-hydrogen) atoms. The van der Waals surface area contributed by atoms with Crippen molar-refractivity contribution in [1.29, 1.82) is 0 Å². The Balaban J connectivity index is 1.65. The average Bonchev–Trinajstić information content (AvgIpc) is 2.91. The molecule has 154 valence electrons. The molecule has 0 spiro atoms. The van der Waals surface area contributed by atoms with Crippen LogP contribution < -0.4 is 0 Å². The third-order valence-corrected chi connectivity index (χ3v) is 9.31. The summed E-state index contributed by atoms with van der Waals surface area (Å²) in [6, 6.07) is 0. The van der Waals surface area contributed by atoms with Crippen LogP contribution in [0.2, 0.25) is 0 Å². The van der Waals surface area contributed by atoms with Crippen molar-refractivity contribution in [2.45, 2.75) is 85.7 Å². The molecule has 7 atom stereocenters. The Hall–Kier alpha value is -1.45. The maximum Gasteiger partial charge on any atom is 0.302 e. The number of ether oxygens (including phenoxy) is 1. The molecule has 0 aromatic carbocycles. The van der Waals surface area contributed by atoms with Gasteiger partial charge in [0.1, 0.15) is 11.9 Å². The predicted molar refractivity (Wildman–Crippen MR) is 106 cm³/mol. The molecule has 0 N–H and O–H groups in total. The molecule has 0 aromatic rings. The van der Waals surface area contributed by atoms with E-state index in [-0.39, 0.29) is 40.0 Å². The number of esters is 1. The second kappa shape index (κ2) is 6.27. The highest BCUT2D eigenvalue weighted by atomic mass is 16.5. The Bertz CT molecular complexity index is 767. The minimum absolute atomic E-state index is 0.0192. The quantitative estimate of drug-likeness (QED) is 0.648. The topological polar surface area (TPSA) is 60.4 Å². The fourth-order valence-electron chi connectivity index (χ4n) is 7.84. The highest BCUT2D eigenvalue weighted by Crippen LogP contribution is 2.69. The van der Waals surface area contributed by atoms with Crippen LogP contribution in [-0.4, -0.2) is 23.6 Å². The van der Waals surface area contributed by atoms with Gasteiger partial charge >= 0.3 is 5.97 Å². The molecule has 0 aromatic heterocycles.